The van der Waals surface area contributed by atoms with Crippen molar-refractivity contribution in [1.82, 2.24) is 0 Å². The van der Waals surface area contributed by atoms with Crippen LogP contribution in [-0.4, -0.2) is 184 Å². The fourth-order valence-corrected chi connectivity index (χ4v) is 3.21. The van der Waals surface area contributed by atoms with E-state index in [9.17, 15) is 0 Å². The summed E-state index contributed by atoms with van der Waals surface area (Å²) in [6, 6.07) is 0. The smallest absolute Gasteiger partial charge is 0.0703 e. The maximum absolute atomic E-state index is 5.48. The molecule has 0 atom stereocenters. The summed E-state index contributed by atoms with van der Waals surface area (Å²) in [7, 11) is 0. The van der Waals surface area contributed by atoms with Gasteiger partial charge >= 0.3 is 0 Å². The largest absolute Gasteiger partial charge is 0.377 e. The van der Waals surface area contributed by atoms with Crippen LogP contribution in [0.5, 0.6) is 0 Å². The topological polar surface area (TPSA) is 129 Å². The van der Waals surface area contributed by atoms with E-state index < -0.39 is 0 Å². The Kier molecular flexibility index (Phi) is 40.1. The highest BCUT2D eigenvalue weighted by molar-refractivity contribution is 4.41. The van der Waals surface area contributed by atoms with E-state index in [2.05, 4.69) is 0 Å². The zero-order valence-corrected chi connectivity index (χ0v) is 29.3. The third-order valence-corrected chi connectivity index (χ3v) is 5.45. The molecule has 0 bridgehead atoms. The highest BCUT2D eigenvalue weighted by Gasteiger charge is 1.98. The highest BCUT2D eigenvalue weighted by Crippen LogP contribution is 1.90. The molecular weight excluding hydrogens is 608 g/mol. The lowest BCUT2D eigenvalue weighted by atomic mass is 10.5. The van der Waals surface area contributed by atoms with Crippen molar-refractivity contribution < 1.29 is 66.3 Å². The quantitative estimate of drug-likeness (QED) is 0.0877. The van der Waals surface area contributed by atoms with Gasteiger partial charge in [-0.1, -0.05) is 0 Å². The van der Waals surface area contributed by atoms with E-state index in [0.29, 0.717) is 172 Å². The van der Waals surface area contributed by atoms with E-state index in [0.717, 1.165) is 0 Å². The summed E-state index contributed by atoms with van der Waals surface area (Å²) >= 11 is 0. The zero-order valence-electron chi connectivity index (χ0n) is 29.3. The third kappa shape index (κ3) is 43.4. The molecule has 0 radical (unpaired) electrons. The van der Waals surface area contributed by atoms with Crippen LogP contribution in [0.3, 0.4) is 0 Å². The third-order valence-electron chi connectivity index (χ3n) is 5.45. The Morgan fingerprint density at radius 3 is 0.413 bits per heavy atom. The highest BCUT2D eigenvalue weighted by atomic mass is 16.6. The van der Waals surface area contributed by atoms with Crippen molar-refractivity contribution >= 4 is 0 Å². The van der Waals surface area contributed by atoms with Crippen molar-refractivity contribution in [3.8, 4) is 0 Å². The summed E-state index contributed by atoms with van der Waals surface area (Å²) in [6.45, 7) is 21.9. The summed E-state index contributed by atoms with van der Waals surface area (Å²) in [5.41, 5.74) is 0. The minimum atomic E-state index is 0.231. The lowest BCUT2D eigenvalue weighted by Gasteiger charge is -2.09. The summed E-state index contributed by atoms with van der Waals surface area (Å²) in [5, 5.41) is 0. The van der Waals surface area contributed by atoms with Gasteiger partial charge in [0.05, 0.1) is 184 Å². The molecule has 0 aliphatic carbocycles. The Balaban J connectivity index is 3.04. The van der Waals surface area contributed by atoms with Crippen LogP contribution in [0.4, 0.5) is 0 Å². The Labute approximate surface area is 278 Å². The summed E-state index contributed by atoms with van der Waals surface area (Å²) in [4.78, 5) is 0. The van der Waals surface area contributed by atoms with Crippen molar-refractivity contribution in [2.45, 2.75) is 39.9 Å². The van der Waals surface area contributed by atoms with Gasteiger partial charge in [0.1, 0.15) is 0 Å². The first-order chi connectivity index (χ1) is 22.6. The second kappa shape index (κ2) is 40.6. The van der Waals surface area contributed by atoms with Crippen molar-refractivity contribution in [1.29, 1.82) is 0 Å². The fraction of sp³-hybridized carbons (Fsp3) is 1.00. The van der Waals surface area contributed by atoms with E-state index in [1.165, 1.54) is 0 Å². The number of ether oxygens (including phenoxy) is 14. The van der Waals surface area contributed by atoms with Gasteiger partial charge in [0.2, 0.25) is 0 Å². The second-order valence-corrected chi connectivity index (χ2v) is 10.2. The van der Waals surface area contributed by atoms with E-state index in [1.54, 1.807) is 0 Å². The van der Waals surface area contributed by atoms with Crippen LogP contribution in [0, 0.1) is 0 Å². The van der Waals surface area contributed by atoms with E-state index in [-0.39, 0.29) is 12.2 Å². The molecule has 278 valence electrons. The predicted octanol–water partition coefficient (Wildman–Crippen LogP) is 2.04. The number of rotatable bonds is 41. The monoisotopic (exact) mass is 674 g/mol. The van der Waals surface area contributed by atoms with E-state index in [1.807, 2.05) is 27.7 Å². The van der Waals surface area contributed by atoms with Crippen LogP contribution in [0.2, 0.25) is 0 Å². The summed E-state index contributed by atoms with van der Waals surface area (Å²) < 4.78 is 76.3. The fourth-order valence-electron chi connectivity index (χ4n) is 3.21. The Morgan fingerprint density at radius 2 is 0.304 bits per heavy atom. The molecule has 0 rings (SSSR count). The number of hydrogen-bond donors (Lipinski definition) is 0. The van der Waals surface area contributed by atoms with Crippen molar-refractivity contribution in [3.05, 3.63) is 0 Å². The molecular formula is C32H66O14. The minimum Gasteiger partial charge on any atom is -0.377 e. The average Bonchev–Trinajstić information content (AvgIpc) is 3.03. The summed E-state index contributed by atoms with van der Waals surface area (Å²) in [6.07, 6.45) is 0.461. The molecule has 0 fully saturated rings. The van der Waals surface area contributed by atoms with Crippen LogP contribution in [-0.2, 0) is 66.3 Å². The van der Waals surface area contributed by atoms with Gasteiger partial charge in [-0.05, 0) is 27.7 Å². The predicted molar refractivity (Wildman–Crippen MR) is 172 cm³/mol. The Bertz CT molecular complexity index is 499. The van der Waals surface area contributed by atoms with Crippen molar-refractivity contribution in [3.63, 3.8) is 0 Å². The molecule has 0 aromatic heterocycles. The maximum Gasteiger partial charge on any atom is 0.0703 e. The minimum absolute atomic E-state index is 0.231. The normalized spacial score (nSPS) is 11.9. The first-order valence-electron chi connectivity index (χ1n) is 16.8. The average molecular weight is 675 g/mol. The summed E-state index contributed by atoms with van der Waals surface area (Å²) in [5.74, 6) is 0. The van der Waals surface area contributed by atoms with Crippen LogP contribution >= 0.6 is 0 Å². The molecule has 0 saturated heterocycles. The van der Waals surface area contributed by atoms with Gasteiger partial charge in [-0.15, -0.1) is 0 Å². The molecule has 0 heterocycles. The molecule has 0 spiro atoms. The number of hydrogen-bond acceptors (Lipinski definition) is 14. The molecule has 46 heavy (non-hydrogen) atoms. The van der Waals surface area contributed by atoms with Crippen LogP contribution in [0.1, 0.15) is 27.7 Å². The molecule has 0 aliphatic rings. The molecule has 0 unspecified atom stereocenters. The van der Waals surface area contributed by atoms with Crippen LogP contribution in [0.15, 0.2) is 0 Å². The molecule has 0 aromatic carbocycles. The van der Waals surface area contributed by atoms with Crippen LogP contribution < -0.4 is 0 Å². The Morgan fingerprint density at radius 1 is 0.196 bits per heavy atom. The SMILES string of the molecule is CC(C)OCCOCCOCCOCCOCCOCCOCCOCCOCCOCCOCCOCCOCCOC(C)C. The molecule has 14 nitrogen and oxygen atoms in total. The van der Waals surface area contributed by atoms with Gasteiger partial charge in [0, 0.05) is 0 Å². The van der Waals surface area contributed by atoms with Gasteiger partial charge in [-0.2, -0.15) is 0 Å². The molecule has 0 amide bonds. The molecule has 0 aromatic rings. The van der Waals surface area contributed by atoms with Gasteiger partial charge in [-0.3, -0.25) is 0 Å². The second-order valence-electron chi connectivity index (χ2n) is 10.2. The first-order valence-corrected chi connectivity index (χ1v) is 16.8. The van der Waals surface area contributed by atoms with Gasteiger partial charge in [0.15, 0.2) is 0 Å². The molecule has 0 aliphatic heterocycles. The van der Waals surface area contributed by atoms with E-state index in [4.69, 9.17) is 66.3 Å². The molecule has 0 N–H and O–H groups in total. The molecule has 14 heteroatoms. The van der Waals surface area contributed by atoms with Crippen molar-refractivity contribution in [2.24, 2.45) is 0 Å². The zero-order chi connectivity index (χ0) is 33.4. The van der Waals surface area contributed by atoms with Crippen molar-refractivity contribution in [2.75, 3.05) is 172 Å². The lowest BCUT2D eigenvalue weighted by molar-refractivity contribution is -0.0307. The standard InChI is InChI=1S/C32H66O14/c1-31(2)45-29-27-43-25-23-41-21-19-39-17-15-37-13-11-35-9-7-33-5-6-34-8-10-36-12-14-38-16-18-40-20-22-42-24-26-44-28-30-46-32(3)4/h31-32H,5-30H2,1-4H3. The maximum atomic E-state index is 5.48. The lowest BCUT2D eigenvalue weighted by Crippen LogP contribution is -2.16. The van der Waals surface area contributed by atoms with Gasteiger partial charge in [-0.25, -0.2) is 0 Å². The van der Waals surface area contributed by atoms with Crippen LogP contribution in [0.25, 0.3) is 0 Å². The van der Waals surface area contributed by atoms with Gasteiger partial charge < -0.3 is 66.3 Å². The molecule has 0 saturated carbocycles. The first kappa shape index (κ1) is 45.4. The van der Waals surface area contributed by atoms with Gasteiger partial charge in [0.25, 0.3) is 0 Å². The van der Waals surface area contributed by atoms with E-state index >= 15 is 0 Å². The Hall–Kier alpha value is -0.560.